The second kappa shape index (κ2) is 17.3. The first kappa shape index (κ1) is 45.7. The van der Waals surface area contributed by atoms with Gasteiger partial charge in [-0.1, -0.05) is 19.9 Å². The van der Waals surface area contributed by atoms with Crippen molar-refractivity contribution in [2.24, 2.45) is 11.8 Å². The number of alkyl halides is 1. The summed E-state index contributed by atoms with van der Waals surface area (Å²) in [6.07, 6.45) is 6.41. The Kier molecular flexibility index (Phi) is 11.3. The standard InChI is InChI=1S/C51H55F2N9O7S/c1-24(2)42(58-49(65)67-5)46(63)60-15-7-8-34(60)44-54-23-32(57-44)27-17-30(52)41-36-19-28-16-26(11-12-33(28)62(36)48(69-38(41)21-27)40-14-13-39(70-40)25-9-10-25)31-22-55-45(56-31)37-20-29-18-35(29)61(37)47(64)43(51(3,4)53)59-50(66)68-6/h11-14,16-17,19,21-25,29,34-35,37,42-43,48H,7-10,15,18,20H2,1-6H3,(H,54,57)(H,55,56)(H,58,65)(H,59,66)/t29-,34+,35-,37+,42+,43?,48?/m1/s1. The molecule has 6 aromatic rings. The van der Waals surface area contributed by atoms with Crippen molar-refractivity contribution in [1.29, 1.82) is 0 Å². The number of hydrogen-bond donors (Lipinski definition) is 4. The molecule has 3 aliphatic heterocycles. The van der Waals surface area contributed by atoms with Crippen LogP contribution in [-0.2, 0) is 19.1 Å². The molecule has 19 heteroatoms. The van der Waals surface area contributed by atoms with E-state index in [4.69, 9.17) is 24.2 Å². The van der Waals surface area contributed by atoms with Crippen molar-refractivity contribution >= 4 is 46.2 Å². The Bertz CT molecular complexity index is 3060. The van der Waals surface area contributed by atoms with Crippen molar-refractivity contribution in [2.75, 3.05) is 20.8 Å². The molecule has 5 aliphatic rings. The molecule has 7 atom stereocenters. The van der Waals surface area contributed by atoms with E-state index >= 15 is 8.78 Å². The second-order valence-corrected chi connectivity index (χ2v) is 21.2. The number of aromatic amines is 2. The van der Waals surface area contributed by atoms with Crippen LogP contribution in [0.15, 0.2) is 60.9 Å². The third kappa shape index (κ3) is 8.04. The number of halogens is 2. The third-order valence-electron chi connectivity index (χ3n) is 14.6. The van der Waals surface area contributed by atoms with E-state index in [2.05, 4.69) is 37.3 Å². The predicted octanol–water partition coefficient (Wildman–Crippen LogP) is 9.28. The minimum atomic E-state index is -2.06. The van der Waals surface area contributed by atoms with Gasteiger partial charge in [0.2, 0.25) is 18.0 Å². The fourth-order valence-electron chi connectivity index (χ4n) is 10.7. The van der Waals surface area contributed by atoms with E-state index in [1.54, 1.807) is 33.5 Å². The Balaban J connectivity index is 0.909. The number of amides is 4. The number of ether oxygens (including phenoxy) is 3. The number of carbonyl (C=O) groups is 4. The summed E-state index contributed by atoms with van der Waals surface area (Å²) in [7, 11) is 2.44. The van der Waals surface area contributed by atoms with E-state index in [1.165, 1.54) is 39.0 Å². The van der Waals surface area contributed by atoms with Gasteiger partial charge in [0.05, 0.1) is 71.7 Å². The number of alkyl carbamates (subject to hydrolysis) is 2. The third-order valence-corrected chi connectivity index (χ3v) is 15.9. The van der Waals surface area contributed by atoms with Crippen LogP contribution < -0.4 is 15.4 Å². The van der Waals surface area contributed by atoms with Crippen molar-refractivity contribution in [1.82, 2.24) is 44.9 Å². The van der Waals surface area contributed by atoms with Crippen molar-refractivity contribution < 1.29 is 42.2 Å². The van der Waals surface area contributed by atoms with Gasteiger partial charge in [0.1, 0.15) is 41.0 Å². The maximum Gasteiger partial charge on any atom is 0.407 e. The zero-order valence-electron chi connectivity index (χ0n) is 39.7. The van der Waals surface area contributed by atoms with Crippen LogP contribution in [0, 0.1) is 17.7 Å². The van der Waals surface area contributed by atoms with E-state index in [0.29, 0.717) is 70.9 Å². The highest BCUT2D eigenvalue weighted by Crippen LogP contribution is 2.54. The highest BCUT2D eigenvalue weighted by molar-refractivity contribution is 7.12. The smallest absolute Gasteiger partial charge is 0.407 e. The van der Waals surface area contributed by atoms with Crippen molar-refractivity contribution in [3.8, 4) is 39.5 Å². The van der Waals surface area contributed by atoms with Gasteiger partial charge < -0.3 is 44.6 Å². The molecule has 4 amide bonds. The normalized spacial score (nSPS) is 22.3. The minimum absolute atomic E-state index is 0.0726. The maximum atomic E-state index is 16.9. The molecule has 2 unspecified atom stereocenters. The number of thiophene rings is 1. The highest BCUT2D eigenvalue weighted by Gasteiger charge is 2.57. The summed E-state index contributed by atoms with van der Waals surface area (Å²) < 4.78 is 50.9. The maximum absolute atomic E-state index is 16.9. The molecule has 2 aromatic carbocycles. The number of piperidine rings is 1. The first-order valence-electron chi connectivity index (χ1n) is 24.0. The Labute approximate surface area is 406 Å². The topological polar surface area (TPSA) is 189 Å². The molecule has 11 rings (SSSR count). The molecule has 0 radical (unpaired) electrons. The van der Waals surface area contributed by atoms with E-state index < -0.39 is 53.9 Å². The number of H-pyrrole nitrogens is 2. The lowest BCUT2D eigenvalue weighted by atomic mass is 9.98. The average Bonchev–Trinajstić information content (AvgIpc) is 3.81. The van der Waals surface area contributed by atoms with Crippen LogP contribution in [0.5, 0.6) is 5.75 Å². The fraction of sp³-hybridized carbons (Fsp3) is 0.451. The number of nitrogens with one attached hydrogen (secondary N) is 4. The zero-order valence-corrected chi connectivity index (χ0v) is 40.5. The lowest BCUT2D eigenvalue weighted by Gasteiger charge is -2.34. The van der Waals surface area contributed by atoms with E-state index in [9.17, 15) is 19.2 Å². The van der Waals surface area contributed by atoms with Crippen molar-refractivity contribution in [3.63, 3.8) is 0 Å². The van der Waals surface area contributed by atoms with Crippen LogP contribution in [-0.4, -0.2) is 103 Å². The molecule has 7 heterocycles. The summed E-state index contributed by atoms with van der Waals surface area (Å²) in [5.74, 6) is 0.903. The van der Waals surface area contributed by atoms with Crippen LogP contribution in [0.1, 0.15) is 112 Å². The molecule has 70 heavy (non-hydrogen) atoms. The monoisotopic (exact) mass is 975 g/mol. The van der Waals surface area contributed by atoms with Crippen LogP contribution in [0.3, 0.4) is 0 Å². The number of likely N-dealkylation sites (tertiary alicyclic amines) is 2. The van der Waals surface area contributed by atoms with Gasteiger partial charge in [-0.15, -0.1) is 11.3 Å². The van der Waals surface area contributed by atoms with Crippen LogP contribution in [0.25, 0.3) is 44.7 Å². The Morgan fingerprint density at radius 2 is 1.56 bits per heavy atom. The van der Waals surface area contributed by atoms with Crippen LogP contribution in [0.2, 0.25) is 0 Å². The van der Waals surface area contributed by atoms with Crippen molar-refractivity contribution in [2.45, 2.75) is 114 Å². The molecular weight excluding hydrogens is 921 g/mol. The van der Waals surface area contributed by atoms with Crippen molar-refractivity contribution in [3.05, 3.63) is 88.1 Å². The van der Waals surface area contributed by atoms with Gasteiger partial charge in [-0.3, -0.25) is 14.2 Å². The Morgan fingerprint density at radius 3 is 2.26 bits per heavy atom. The molecule has 2 saturated heterocycles. The number of methoxy groups -OCH3 is 2. The molecule has 4 fully saturated rings. The van der Waals surface area contributed by atoms with Gasteiger partial charge in [0.15, 0.2) is 0 Å². The Morgan fingerprint density at radius 1 is 0.857 bits per heavy atom. The SMILES string of the molecule is COC(=O)NC(C(=O)N1[C@@H]2C[C@@H]2C[C@H]1c1ncc(-c2ccc3c(c2)cc2n3C(c3ccc(C4CC4)s3)Oc3cc(-c4cnc([C@@H]5CCCN5C(=O)[C@@H](NC(=O)OC)C(C)C)[nH]4)cc(F)c3-2)[nH]1)C(C)(C)F. The molecule has 4 aromatic heterocycles. The van der Waals surface area contributed by atoms with Gasteiger partial charge in [0.25, 0.3) is 0 Å². The number of imidazole rings is 2. The van der Waals surface area contributed by atoms with Crippen LogP contribution in [0.4, 0.5) is 18.4 Å². The Hall–Kier alpha value is -6.76. The quantitative estimate of drug-likeness (QED) is 0.0927. The summed E-state index contributed by atoms with van der Waals surface area (Å²) in [4.78, 5) is 74.1. The van der Waals surface area contributed by atoms with Gasteiger partial charge in [-0.05, 0) is 113 Å². The summed E-state index contributed by atoms with van der Waals surface area (Å²) in [6, 6.07) is 12.5. The number of benzene rings is 2. The first-order valence-corrected chi connectivity index (χ1v) is 24.8. The summed E-state index contributed by atoms with van der Waals surface area (Å²) >= 11 is 1.71. The van der Waals surface area contributed by atoms with Gasteiger partial charge >= 0.3 is 12.2 Å². The van der Waals surface area contributed by atoms with Gasteiger partial charge in [-0.25, -0.2) is 28.3 Å². The lowest BCUT2D eigenvalue weighted by molar-refractivity contribution is -0.139. The van der Waals surface area contributed by atoms with Crippen LogP contribution >= 0.6 is 11.3 Å². The number of hydrogen-bond acceptors (Lipinski definition) is 10. The number of carbonyl (C=O) groups excluding carboxylic acids is 4. The molecule has 366 valence electrons. The number of rotatable bonds is 12. The summed E-state index contributed by atoms with van der Waals surface area (Å²) in [5, 5.41) is 5.95. The number of fused-ring (bicyclic) bond motifs is 6. The molecule has 4 N–H and O–H groups in total. The summed E-state index contributed by atoms with van der Waals surface area (Å²) in [6.45, 7) is 6.76. The van der Waals surface area contributed by atoms with E-state index in [1.807, 2.05) is 44.2 Å². The largest absolute Gasteiger partial charge is 0.464 e. The van der Waals surface area contributed by atoms with Gasteiger partial charge in [-0.2, -0.15) is 0 Å². The predicted molar refractivity (Wildman–Crippen MR) is 256 cm³/mol. The number of aromatic nitrogens is 5. The van der Waals surface area contributed by atoms with Gasteiger partial charge in [0, 0.05) is 34.0 Å². The second-order valence-electron chi connectivity index (χ2n) is 20.1. The molecule has 0 bridgehead atoms. The zero-order chi connectivity index (χ0) is 48.9. The van der Waals surface area contributed by atoms with E-state index in [-0.39, 0.29) is 29.8 Å². The first-order chi connectivity index (χ1) is 33.6. The fourth-order valence-corrected chi connectivity index (χ4v) is 11.9. The average molecular weight is 976 g/mol. The number of nitrogens with zero attached hydrogens (tertiary/aromatic N) is 5. The minimum Gasteiger partial charge on any atom is -0.464 e. The summed E-state index contributed by atoms with van der Waals surface area (Å²) in [5.41, 5.74) is 2.41. The van der Waals surface area contributed by atoms with E-state index in [0.717, 1.165) is 47.0 Å². The molecule has 2 aliphatic carbocycles. The molecule has 2 saturated carbocycles. The lowest BCUT2D eigenvalue weighted by Crippen LogP contribution is -2.57. The molecule has 0 spiro atoms. The molecule has 16 nitrogen and oxygen atoms in total. The molecular formula is C51H55F2N9O7S. The highest BCUT2D eigenvalue weighted by atomic mass is 32.1.